The maximum Gasteiger partial charge on any atom is 0.236 e. The molecule has 14 heavy (non-hydrogen) atoms. The number of hydrogen-bond acceptors (Lipinski definition) is 3. The van der Waals surface area contributed by atoms with E-state index in [2.05, 4.69) is 11.5 Å². The highest BCUT2D eigenvalue weighted by atomic mass is 35.7. The van der Waals surface area contributed by atoms with E-state index < -0.39 is 9.05 Å². The molecule has 0 saturated carbocycles. The van der Waals surface area contributed by atoms with Gasteiger partial charge in [0.05, 0.1) is 5.75 Å². The number of hydrogen-bond donors (Lipinski definition) is 0. The first-order chi connectivity index (χ1) is 6.38. The molecule has 1 atom stereocenters. The monoisotopic (exact) mass is 237 g/mol. The van der Waals surface area contributed by atoms with E-state index in [0.29, 0.717) is 0 Å². The second kappa shape index (κ2) is 4.64. The third kappa shape index (κ3) is 3.98. The molecule has 5 heteroatoms. The van der Waals surface area contributed by atoms with Crippen LogP contribution in [0.4, 0.5) is 0 Å². The van der Waals surface area contributed by atoms with Gasteiger partial charge in [-0.3, -0.25) is 0 Å². The van der Waals surface area contributed by atoms with Crippen LogP contribution < -0.4 is 0 Å². The van der Waals surface area contributed by atoms with Crippen molar-refractivity contribution in [3.8, 4) is 0 Å². The first-order valence-electron chi connectivity index (χ1n) is 4.67. The normalized spacial score (nSPS) is 24.9. The Morgan fingerprint density at radius 3 is 2.79 bits per heavy atom. The van der Waals surface area contributed by atoms with E-state index in [4.69, 9.17) is 10.7 Å². The Bertz CT molecular complexity index is 313. The smallest absolute Gasteiger partial charge is 0.236 e. The Morgan fingerprint density at radius 1 is 1.64 bits per heavy atom. The molecule has 3 nitrogen and oxygen atoms in total. The maximum absolute atomic E-state index is 10.9. The molecule has 0 radical (unpaired) electrons. The Kier molecular flexibility index (Phi) is 3.98. The standard InChI is InChI=1S/C9H16ClNO2S/c1-8(7-14(10,12)13)9-4-3-5-11(2)6-9/h9H,1,3-7H2,2H3. The fraction of sp³-hybridized carbons (Fsp3) is 0.778. The van der Waals surface area contributed by atoms with Crippen molar-refractivity contribution in [1.29, 1.82) is 0 Å². The van der Waals surface area contributed by atoms with Gasteiger partial charge in [-0.05, 0) is 32.4 Å². The number of halogens is 1. The highest BCUT2D eigenvalue weighted by molar-refractivity contribution is 8.13. The zero-order chi connectivity index (χ0) is 10.8. The molecule has 0 spiro atoms. The SMILES string of the molecule is C=C(CS(=O)(=O)Cl)C1CCCN(C)C1. The van der Waals surface area contributed by atoms with Gasteiger partial charge in [0.1, 0.15) is 0 Å². The molecule has 1 fully saturated rings. The molecular formula is C9H16ClNO2S. The molecule has 1 unspecified atom stereocenters. The van der Waals surface area contributed by atoms with E-state index in [-0.39, 0.29) is 11.7 Å². The Labute approximate surface area is 90.2 Å². The Hall–Kier alpha value is -0.0600. The van der Waals surface area contributed by atoms with Crippen molar-refractivity contribution >= 4 is 19.7 Å². The zero-order valence-electron chi connectivity index (χ0n) is 8.37. The quantitative estimate of drug-likeness (QED) is 0.551. The molecule has 1 aliphatic heterocycles. The van der Waals surface area contributed by atoms with Crippen LogP contribution in [0, 0.1) is 5.92 Å². The van der Waals surface area contributed by atoms with Crippen LogP contribution in [-0.2, 0) is 9.05 Å². The molecule has 0 N–H and O–H groups in total. The topological polar surface area (TPSA) is 37.4 Å². The summed E-state index contributed by atoms with van der Waals surface area (Å²) >= 11 is 0. The van der Waals surface area contributed by atoms with Gasteiger partial charge in [0.2, 0.25) is 9.05 Å². The summed E-state index contributed by atoms with van der Waals surface area (Å²) in [5.74, 6) is 0.190. The van der Waals surface area contributed by atoms with Crippen LogP contribution in [0.1, 0.15) is 12.8 Å². The van der Waals surface area contributed by atoms with Gasteiger partial charge in [0.15, 0.2) is 0 Å². The first kappa shape index (κ1) is 12.0. The van der Waals surface area contributed by atoms with Gasteiger partial charge in [-0.15, -0.1) is 0 Å². The summed E-state index contributed by atoms with van der Waals surface area (Å²) in [5.41, 5.74) is 0.742. The van der Waals surface area contributed by atoms with E-state index in [9.17, 15) is 8.42 Å². The average Bonchev–Trinajstić information content (AvgIpc) is 2.01. The molecule has 0 aromatic heterocycles. The summed E-state index contributed by atoms with van der Waals surface area (Å²) in [6.45, 7) is 5.78. The van der Waals surface area contributed by atoms with Crippen molar-refractivity contribution in [2.45, 2.75) is 12.8 Å². The molecule has 0 bridgehead atoms. The van der Waals surface area contributed by atoms with Gasteiger partial charge in [-0.1, -0.05) is 12.2 Å². The van der Waals surface area contributed by atoms with E-state index >= 15 is 0 Å². The third-order valence-corrected chi connectivity index (χ3v) is 3.60. The summed E-state index contributed by atoms with van der Waals surface area (Å²) in [7, 11) is 3.78. The van der Waals surface area contributed by atoms with Gasteiger partial charge in [-0.25, -0.2) is 8.42 Å². The maximum atomic E-state index is 10.9. The molecule has 0 aromatic carbocycles. The highest BCUT2D eigenvalue weighted by Crippen LogP contribution is 2.23. The lowest BCUT2D eigenvalue weighted by molar-refractivity contribution is 0.231. The van der Waals surface area contributed by atoms with Crippen LogP contribution >= 0.6 is 10.7 Å². The van der Waals surface area contributed by atoms with Crippen LogP contribution in [0.15, 0.2) is 12.2 Å². The molecular weight excluding hydrogens is 222 g/mol. The summed E-state index contributed by atoms with van der Waals surface area (Å²) in [6.07, 6.45) is 2.12. The van der Waals surface area contributed by atoms with Gasteiger partial charge >= 0.3 is 0 Å². The van der Waals surface area contributed by atoms with Gasteiger partial charge < -0.3 is 4.90 Å². The van der Waals surface area contributed by atoms with Crippen molar-refractivity contribution in [2.24, 2.45) is 5.92 Å². The first-order valence-corrected chi connectivity index (χ1v) is 7.15. The van der Waals surface area contributed by atoms with E-state index in [1.165, 1.54) is 0 Å². The lowest BCUT2D eigenvalue weighted by atomic mass is 9.92. The second-order valence-electron chi connectivity index (χ2n) is 3.94. The molecule has 82 valence electrons. The second-order valence-corrected chi connectivity index (χ2v) is 6.72. The van der Waals surface area contributed by atoms with Gasteiger partial charge in [0, 0.05) is 17.2 Å². The number of likely N-dealkylation sites (tertiary alicyclic amines) is 1. The van der Waals surface area contributed by atoms with Crippen molar-refractivity contribution in [3.63, 3.8) is 0 Å². The number of rotatable bonds is 3. The minimum absolute atomic E-state index is 0.0902. The van der Waals surface area contributed by atoms with Crippen molar-refractivity contribution in [2.75, 3.05) is 25.9 Å². The number of nitrogens with zero attached hydrogens (tertiary/aromatic N) is 1. The predicted molar refractivity (Wildman–Crippen MR) is 59.0 cm³/mol. The largest absolute Gasteiger partial charge is 0.306 e. The summed E-state index contributed by atoms with van der Waals surface area (Å²) in [4.78, 5) is 2.19. The highest BCUT2D eigenvalue weighted by Gasteiger charge is 2.22. The van der Waals surface area contributed by atoms with Crippen LogP contribution in [0.25, 0.3) is 0 Å². The van der Waals surface area contributed by atoms with Crippen LogP contribution in [0.5, 0.6) is 0 Å². The van der Waals surface area contributed by atoms with Crippen molar-refractivity contribution < 1.29 is 8.42 Å². The average molecular weight is 238 g/mol. The minimum Gasteiger partial charge on any atom is -0.306 e. The summed E-state index contributed by atoms with van der Waals surface area (Å²) in [5, 5.41) is 0. The predicted octanol–water partition coefficient (Wildman–Crippen LogP) is 1.45. The fourth-order valence-corrected chi connectivity index (χ4v) is 2.94. The van der Waals surface area contributed by atoms with E-state index in [1.807, 2.05) is 7.05 Å². The molecule has 0 aromatic rings. The Balaban J connectivity index is 2.52. The van der Waals surface area contributed by atoms with Crippen LogP contribution in [-0.4, -0.2) is 39.2 Å². The lowest BCUT2D eigenvalue weighted by Crippen LogP contribution is -2.33. The fourth-order valence-electron chi connectivity index (χ4n) is 1.84. The number of piperidine rings is 1. The van der Waals surface area contributed by atoms with Crippen molar-refractivity contribution in [3.05, 3.63) is 12.2 Å². The van der Waals surface area contributed by atoms with Crippen molar-refractivity contribution in [1.82, 2.24) is 4.90 Å². The van der Waals surface area contributed by atoms with E-state index in [1.54, 1.807) is 0 Å². The van der Waals surface area contributed by atoms with Gasteiger partial charge in [0.25, 0.3) is 0 Å². The van der Waals surface area contributed by atoms with Crippen LogP contribution in [0.2, 0.25) is 0 Å². The minimum atomic E-state index is -3.44. The zero-order valence-corrected chi connectivity index (χ0v) is 9.94. The lowest BCUT2D eigenvalue weighted by Gasteiger charge is -2.30. The van der Waals surface area contributed by atoms with Crippen LogP contribution in [0.3, 0.4) is 0 Å². The Morgan fingerprint density at radius 2 is 2.29 bits per heavy atom. The molecule has 1 heterocycles. The third-order valence-electron chi connectivity index (χ3n) is 2.56. The molecule has 1 aliphatic rings. The van der Waals surface area contributed by atoms with Gasteiger partial charge in [-0.2, -0.15) is 0 Å². The molecule has 1 saturated heterocycles. The molecule has 0 amide bonds. The van der Waals surface area contributed by atoms with E-state index in [0.717, 1.165) is 31.5 Å². The molecule has 1 rings (SSSR count). The molecule has 0 aliphatic carbocycles. The summed E-state index contributed by atoms with van der Waals surface area (Å²) < 4.78 is 21.7. The summed E-state index contributed by atoms with van der Waals surface area (Å²) in [6, 6.07) is 0.